The predicted octanol–water partition coefficient (Wildman–Crippen LogP) is 6.92. The zero-order valence-electron chi connectivity index (χ0n) is 22.5. The van der Waals surface area contributed by atoms with Crippen molar-refractivity contribution in [3.63, 3.8) is 0 Å². The highest BCUT2D eigenvalue weighted by molar-refractivity contribution is 5.86. The summed E-state index contributed by atoms with van der Waals surface area (Å²) >= 11 is 0. The molecule has 3 nitrogen and oxygen atoms in total. The number of Topliss-reactive ketones (excluding diaryl/α,β-unsaturated/α-hetero) is 2. The molecule has 0 aromatic rings. The van der Waals surface area contributed by atoms with Gasteiger partial charge < -0.3 is 5.11 Å². The Kier molecular flexibility index (Phi) is 5.92. The normalized spacial score (nSPS) is 46.1. The third-order valence-electron chi connectivity index (χ3n) is 11.9. The van der Waals surface area contributed by atoms with E-state index >= 15 is 0 Å². The minimum Gasteiger partial charge on any atom is -0.390 e. The van der Waals surface area contributed by atoms with Crippen molar-refractivity contribution in [1.82, 2.24) is 0 Å². The fraction of sp³-hybridized carbons (Fsp3) is 0.867. The fourth-order valence-corrected chi connectivity index (χ4v) is 9.77. The Labute approximate surface area is 202 Å². The van der Waals surface area contributed by atoms with Gasteiger partial charge in [0.25, 0.3) is 0 Å². The number of allylic oxidation sites excluding steroid dienone is 2. The first-order valence-corrected chi connectivity index (χ1v) is 13.5. The van der Waals surface area contributed by atoms with Crippen LogP contribution in [0.3, 0.4) is 0 Å². The van der Waals surface area contributed by atoms with Gasteiger partial charge in [0.15, 0.2) is 0 Å². The molecule has 4 aliphatic carbocycles. The van der Waals surface area contributed by atoms with E-state index in [1.54, 1.807) is 0 Å². The van der Waals surface area contributed by atoms with Gasteiger partial charge in [0.2, 0.25) is 0 Å². The van der Waals surface area contributed by atoms with E-state index in [0.29, 0.717) is 36.2 Å². The maximum atomic E-state index is 14.0. The summed E-state index contributed by atoms with van der Waals surface area (Å²) in [6.07, 6.45) is 10.2. The Balaban J connectivity index is 1.68. The van der Waals surface area contributed by atoms with Crippen molar-refractivity contribution in [2.75, 3.05) is 0 Å². The average Bonchev–Trinajstić information content (AvgIpc) is 3.08. The van der Waals surface area contributed by atoms with Crippen LogP contribution in [-0.2, 0) is 9.59 Å². The molecular weight excluding hydrogens is 408 g/mol. The number of carbonyl (C=O) groups excluding carboxylic acids is 2. The lowest BCUT2D eigenvalue weighted by molar-refractivity contribution is -0.205. The Hall–Kier alpha value is -0.960. The van der Waals surface area contributed by atoms with Gasteiger partial charge in [-0.3, -0.25) is 9.59 Å². The summed E-state index contributed by atoms with van der Waals surface area (Å²) in [6.45, 7) is 17.8. The highest BCUT2D eigenvalue weighted by atomic mass is 16.3. The smallest absolute Gasteiger partial charge is 0.138 e. The molecule has 4 unspecified atom stereocenters. The molecule has 4 fully saturated rings. The average molecular weight is 457 g/mol. The summed E-state index contributed by atoms with van der Waals surface area (Å²) in [7, 11) is 0. The quantitative estimate of drug-likeness (QED) is 0.467. The summed E-state index contributed by atoms with van der Waals surface area (Å²) < 4.78 is 0. The molecule has 4 saturated carbocycles. The number of hydrogen-bond donors (Lipinski definition) is 1. The highest BCUT2D eigenvalue weighted by Gasteiger charge is 2.71. The van der Waals surface area contributed by atoms with E-state index in [1.807, 2.05) is 6.92 Å². The van der Waals surface area contributed by atoms with E-state index in [9.17, 15) is 14.7 Å². The number of aliphatic hydroxyl groups is 1. The molecule has 3 heteroatoms. The third-order valence-corrected chi connectivity index (χ3v) is 11.9. The van der Waals surface area contributed by atoms with Crippen molar-refractivity contribution in [3.05, 3.63) is 11.6 Å². The highest BCUT2D eigenvalue weighted by Crippen LogP contribution is 2.74. The molecule has 0 spiro atoms. The standard InChI is InChI=1S/C30H48O3/c1-19(2)10-9-14-30(8,33)20-11-16-29(7)25(20)21(31)18-23-27(5)15-13-24(32)26(3,4)22(27)12-17-28(23,29)6/h10,20,22-23,25,33H,9,11-18H2,1-8H3/t20?,22?,23?,25?,27-,28+,29+,30-/m0/s1. The summed E-state index contributed by atoms with van der Waals surface area (Å²) in [4.78, 5) is 26.8. The van der Waals surface area contributed by atoms with Crippen LogP contribution < -0.4 is 0 Å². The fourth-order valence-electron chi connectivity index (χ4n) is 9.77. The maximum Gasteiger partial charge on any atom is 0.138 e. The molecule has 8 atom stereocenters. The lowest BCUT2D eigenvalue weighted by Gasteiger charge is -2.68. The summed E-state index contributed by atoms with van der Waals surface area (Å²) in [5.74, 6) is 1.50. The number of hydrogen-bond acceptors (Lipinski definition) is 3. The van der Waals surface area contributed by atoms with Crippen molar-refractivity contribution in [1.29, 1.82) is 0 Å². The van der Waals surface area contributed by atoms with Crippen LogP contribution in [0.4, 0.5) is 0 Å². The van der Waals surface area contributed by atoms with E-state index < -0.39 is 5.60 Å². The molecule has 1 N–H and O–H groups in total. The van der Waals surface area contributed by atoms with Gasteiger partial charge in [-0.05, 0) is 99.7 Å². The van der Waals surface area contributed by atoms with E-state index in [0.717, 1.165) is 44.9 Å². The van der Waals surface area contributed by atoms with Gasteiger partial charge in [-0.25, -0.2) is 0 Å². The van der Waals surface area contributed by atoms with E-state index in [-0.39, 0.29) is 33.5 Å². The molecule has 0 amide bonds. The Morgan fingerprint density at radius 1 is 1.00 bits per heavy atom. The number of rotatable bonds is 4. The second-order valence-electron chi connectivity index (χ2n) is 14.1. The van der Waals surface area contributed by atoms with Gasteiger partial charge in [0.1, 0.15) is 11.6 Å². The maximum absolute atomic E-state index is 14.0. The van der Waals surface area contributed by atoms with Crippen LogP contribution >= 0.6 is 0 Å². The van der Waals surface area contributed by atoms with Crippen LogP contribution in [0.25, 0.3) is 0 Å². The minimum atomic E-state index is -0.812. The molecule has 4 rings (SSSR count). The molecule has 0 aromatic carbocycles. The second-order valence-corrected chi connectivity index (χ2v) is 14.1. The molecule has 4 aliphatic rings. The number of carbonyl (C=O) groups is 2. The molecule has 0 saturated heterocycles. The Morgan fingerprint density at radius 3 is 2.27 bits per heavy atom. The zero-order chi connectivity index (χ0) is 24.6. The Bertz CT molecular complexity index is 862. The first-order chi connectivity index (χ1) is 15.1. The minimum absolute atomic E-state index is 0.0398. The van der Waals surface area contributed by atoms with E-state index in [2.05, 4.69) is 54.5 Å². The van der Waals surface area contributed by atoms with Gasteiger partial charge in [0.05, 0.1) is 5.60 Å². The van der Waals surface area contributed by atoms with Crippen LogP contribution in [0.5, 0.6) is 0 Å². The SMILES string of the molecule is CC(C)=CCC[C@](C)(O)C1CC[C@]2(C)C1C(=O)CC1[C@@]3(C)CCC(=O)C(C)(C)C3CC[C@]12C. The summed E-state index contributed by atoms with van der Waals surface area (Å²) in [6, 6.07) is 0. The van der Waals surface area contributed by atoms with Crippen molar-refractivity contribution < 1.29 is 14.7 Å². The van der Waals surface area contributed by atoms with Gasteiger partial charge in [-0.1, -0.05) is 46.3 Å². The Morgan fingerprint density at radius 2 is 1.64 bits per heavy atom. The van der Waals surface area contributed by atoms with Crippen molar-refractivity contribution in [2.45, 2.75) is 119 Å². The van der Waals surface area contributed by atoms with Gasteiger partial charge >= 0.3 is 0 Å². The van der Waals surface area contributed by atoms with Gasteiger partial charge in [-0.2, -0.15) is 0 Å². The lowest BCUT2D eigenvalue weighted by atomic mass is 9.35. The van der Waals surface area contributed by atoms with Crippen LogP contribution in [-0.4, -0.2) is 22.3 Å². The second kappa shape index (κ2) is 7.77. The molecule has 0 aliphatic heterocycles. The number of ketones is 2. The van der Waals surface area contributed by atoms with Crippen molar-refractivity contribution >= 4 is 11.6 Å². The molecule has 0 heterocycles. The summed E-state index contributed by atoms with van der Waals surface area (Å²) in [5, 5.41) is 11.6. The summed E-state index contributed by atoms with van der Waals surface area (Å²) in [5.41, 5.74) is 0.230. The third kappa shape index (κ3) is 3.46. The topological polar surface area (TPSA) is 54.4 Å². The molecular formula is C30H48O3. The van der Waals surface area contributed by atoms with Gasteiger partial charge in [0, 0.05) is 24.2 Å². The van der Waals surface area contributed by atoms with Crippen LogP contribution in [0.1, 0.15) is 113 Å². The lowest BCUT2D eigenvalue weighted by Crippen LogP contribution is -2.65. The first kappa shape index (κ1) is 25.1. The number of fused-ring (bicyclic) bond motifs is 5. The molecule has 0 radical (unpaired) electrons. The first-order valence-electron chi connectivity index (χ1n) is 13.5. The van der Waals surface area contributed by atoms with Crippen LogP contribution in [0.15, 0.2) is 11.6 Å². The van der Waals surface area contributed by atoms with E-state index in [4.69, 9.17) is 0 Å². The van der Waals surface area contributed by atoms with E-state index in [1.165, 1.54) is 5.57 Å². The van der Waals surface area contributed by atoms with Crippen molar-refractivity contribution in [2.24, 2.45) is 45.3 Å². The van der Waals surface area contributed by atoms with Crippen LogP contribution in [0.2, 0.25) is 0 Å². The predicted molar refractivity (Wildman–Crippen MR) is 134 cm³/mol. The molecule has 33 heavy (non-hydrogen) atoms. The van der Waals surface area contributed by atoms with Crippen molar-refractivity contribution in [3.8, 4) is 0 Å². The van der Waals surface area contributed by atoms with Gasteiger partial charge in [-0.15, -0.1) is 0 Å². The molecule has 0 aromatic heterocycles. The van der Waals surface area contributed by atoms with Crippen LogP contribution in [0, 0.1) is 45.3 Å². The molecule has 0 bridgehead atoms. The monoisotopic (exact) mass is 456 g/mol. The zero-order valence-corrected chi connectivity index (χ0v) is 22.5. The molecule has 186 valence electrons. The largest absolute Gasteiger partial charge is 0.390 e.